The smallest absolute Gasteiger partial charge is 0.256 e. The molecule has 0 bridgehead atoms. The fourth-order valence-corrected chi connectivity index (χ4v) is 1.17. The Morgan fingerprint density at radius 2 is 2.00 bits per heavy atom. The van der Waals surface area contributed by atoms with E-state index >= 15 is 0 Å². The number of hydrogen-bond acceptors (Lipinski definition) is 3. The van der Waals surface area contributed by atoms with Gasteiger partial charge in [0.1, 0.15) is 0 Å². The van der Waals surface area contributed by atoms with Crippen LogP contribution < -0.4 is 5.56 Å². The quantitative estimate of drug-likeness (QED) is 0.714. The number of aromatic nitrogens is 2. The Kier molecular flexibility index (Phi) is 7.54. The van der Waals surface area contributed by atoms with Crippen LogP contribution in [0.15, 0.2) is 11.1 Å². The number of hydrogen-bond donors (Lipinski definition) is 1. The first-order chi connectivity index (χ1) is 7.38. The zero-order valence-corrected chi connectivity index (χ0v) is 9.96. The van der Waals surface area contributed by atoms with E-state index in [0.717, 1.165) is 12.1 Å². The Hall–Kier alpha value is -1.16. The van der Waals surface area contributed by atoms with Gasteiger partial charge < -0.3 is 9.72 Å². The van der Waals surface area contributed by atoms with Gasteiger partial charge in [0.25, 0.3) is 5.56 Å². The van der Waals surface area contributed by atoms with Crippen molar-refractivity contribution < 1.29 is 4.74 Å². The van der Waals surface area contributed by atoms with E-state index in [-0.39, 0.29) is 5.56 Å². The van der Waals surface area contributed by atoms with Crippen LogP contribution in [0.1, 0.15) is 39.0 Å². The molecule has 2 rings (SSSR count). The van der Waals surface area contributed by atoms with E-state index in [1.807, 2.05) is 27.7 Å². The highest BCUT2D eigenvalue weighted by Crippen LogP contribution is 2.07. The normalized spacial score (nSPS) is 12.5. The summed E-state index contributed by atoms with van der Waals surface area (Å²) in [5.41, 5.74) is 1.48. The first-order valence-corrected chi connectivity index (χ1v) is 5.51. The van der Waals surface area contributed by atoms with Crippen LogP contribution in [0.25, 0.3) is 0 Å². The molecule has 0 aromatic carbocycles. The summed E-state index contributed by atoms with van der Waals surface area (Å²) in [6.07, 6.45) is 2.19. The molecule has 15 heavy (non-hydrogen) atoms. The highest BCUT2D eigenvalue weighted by Gasteiger charge is 2.12. The van der Waals surface area contributed by atoms with Gasteiger partial charge in [-0.25, -0.2) is 4.98 Å². The minimum atomic E-state index is -0.0744. The lowest BCUT2D eigenvalue weighted by Crippen LogP contribution is -2.22. The van der Waals surface area contributed by atoms with Gasteiger partial charge in [0.2, 0.25) is 0 Å². The minimum absolute atomic E-state index is 0.0744. The Bertz CT molecular complexity index is 321. The summed E-state index contributed by atoms with van der Waals surface area (Å²) in [5.74, 6) is 0. The molecule has 0 saturated heterocycles. The lowest BCUT2D eigenvalue weighted by atomic mass is 10.1. The molecule has 0 amide bonds. The minimum Gasteiger partial charge on any atom is -0.376 e. The number of rotatable bonds is 0. The zero-order valence-electron chi connectivity index (χ0n) is 9.96. The van der Waals surface area contributed by atoms with Gasteiger partial charge >= 0.3 is 0 Å². The fourth-order valence-electron chi connectivity index (χ4n) is 1.17. The molecule has 0 radical (unpaired) electrons. The summed E-state index contributed by atoms with van der Waals surface area (Å²) in [6.45, 7) is 9.07. The predicted octanol–water partition coefficient (Wildman–Crippen LogP) is 1.90. The van der Waals surface area contributed by atoms with Gasteiger partial charge in [-0.2, -0.15) is 0 Å². The van der Waals surface area contributed by atoms with Crippen molar-refractivity contribution in [3.8, 4) is 0 Å². The van der Waals surface area contributed by atoms with Crippen molar-refractivity contribution in [2.45, 2.75) is 40.7 Å². The molecule has 1 aromatic rings. The van der Waals surface area contributed by atoms with Crippen LogP contribution in [0.4, 0.5) is 0 Å². The van der Waals surface area contributed by atoms with Crippen molar-refractivity contribution >= 4 is 0 Å². The highest BCUT2D eigenvalue weighted by atomic mass is 16.5. The number of nitrogens with zero attached hydrogens (tertiary/aromatic N) is 1. The van der Waals surface area contributed by atoms with Crippen LogP contribution in [-0.4, -0.2) is 16.6 Å². The summed E-state index contributed by atoms with van der Waals surface area (Å²) in [7, 11) is 0. The van der Waals surface area contributed by atoms with Gasteiger partial charge in [0.15, 0.2) is 0 Å². The summed E-state index contributed by atoms with van der Waals surface area (Å²) < 4.78 is 5.12. The monoisotopic (exact) mass is 212 g/mol. The van der Waals surface area contributed by atoms with E-state index < -0.39 is 0 Å². The SMILES string of the molecule is CC.CC.O=c1[nH]cnc2c1COCC2. The van der Waals surface area contributed by atoms with Crippen molar-refractivity contribution in [2.24, 2.45) is 0 Å². The molecule has 0 unspecified atom stereocenters. The van der Waals surface area contributed by atoms with E-state index in [1.165, 1.54) is 6.33 Å². The Morgan fingerprint density at radius 3 is 2.60 bits per heavy atom. The molecule has 0 spiro atoms. The van der Waals surface area contributed by atoms with Crippen molar-refractivity contribution in [1.29, 1.82) is 0 Å². The molecule has 0 fully saturated rings. The molecule has 0 aliphatic carbocycles. The predicted molar refractivity (Wildman–Crippen MR) is 60.9 cm³/mol. The van der Waals surface area contributed by atoms with Gasteiger partial charge in [-0.05, 0) is 0 Å². The van der Waals surface area contributed by atoms with Gasteiger partial charge in [0.05, 0.1) is 30.8 Å². The van der Waals surface area contributed by atoms with Crippen molar-refractivity contribution in [3.63, 3.8) is 0 Å². The molecular formula is C11H20N2O2. The summed E-state index contributed by atoms with van der Waals surface area (Å²) in [5, 5.41) is 0. The van der Waals surface area contributed by atoms with Crippen LogP contribution in [0, 0.1) is 0 Å². The number of aromatic amines is 1. The maximum absolute atomic E-state index is 11.1. The molecule has 1 aromatic heterocycles. The Morgan fingerprint density at radius 1 is 1.33 bits per heavy atom. The number of H-pyrrole nitrogens is 1. The molecule has 0 atom stereocenters. The third-order valence-electron chi connectivity index (χ3n) is 1.77. The standard InChI is InChI=1S/C7H8N2O2.2C2H6/c10-7-5-3-11-2-1-6(5)8-4-9-7;2*1-2/h4H,1-3H2,(H,8,9,10);2*1-2H3. The van der Waals surface area contributed by atoms with Gasteiger partial charge in [-0.15, -0.1) is 0 Å². The number of fused-ring (bicyclic) bond motifs is 1. The van der Waals surface area contributed by atoms with Crippen LogP contribution in [-0.2, 0) is 17.8 Å². The van der Waals surface area contributed by atoms with E-state index in [1.54, 1.807) is 0 Å². The first kappa shape index (κ1) is 13.8. The van der Waals surface area contributed by atoms with E-state index in [4.69, 9.17) is 4.74 Å². The average Bonchev–Trinajstić information content (AvgIpc) is 2.35. The second kappa shape index (κ2) is 8.17. The molecule has 2 heterocycles. The Balaban J connectivity index is 0.000000442. The third kappa shape index (κ3) is 3.83. The number of nitrogens with one attached hydrogen (secondary N) is 1. The van der Waals surface area contributed by atoms with Crippen molar-refractivity contribution in [3.05, 3.63) is 27.9 Å². The van der Waals surface area contributed by atoms with Crippen LogP contribution >= 0.6 is 0 Å². The third-order valence-corrected chi connectivity index (χ3v) is 1.77. The molecule has 1 N–H and O–H groups in total. The molecule has 1 aliphatic rings. The average molecular weight is 212 g/mol. The van der Waals surface area contributed by atoms with Crippen molar-refractivity contribution in [1.82, 2.24) is 9.97 Å². The lowest BCUT2D eigenvalue weighted by Gasteiger charge is -2.12. The summed E-state index contributed by atoms with van der Waals surface area (Å²) >= 11 is 0. The zero-order chi connectivity index (χ0) is 11.7. The molecule has 0 saturated carbocycles. The molecule has 4 heteroatoms. The molecule has 1 aliphatic heterocycles. The summed E-state index contributed by atoms with van der Waals surface area (Å²) in [4.78, 5) is 17.6. The topological polar surface area (TPSA) is 55.0 Å². The van der Waals surface area contributed by atoms with E-state index in [2.05, 4.69) is 9.97 Å². The van der Waals surface area contributed by atoms with Crippen LogP contribution in [0.3, 0.4) is 0 Å². The van der Waals surface area contributed by atoms with E-state index in [0.29, 0.717) is 18.8 Å². The number of ether oxygens (including phenoxy) is 1. The van der Waals surface area contributed by atoms with Crippen LogP contribution in [0.2, 0.25) is 0 Å². The second-order valence-corrected chi connectivity index (χ2v) is 2.46. The fraction of sp³-hybridized carbons (Fsp3) is 0.636. The molecular weight excluding hydrogens is 192 g/mol. The summed E-state index contributed by atoms with van der Waals surface area (Å²) in [6, 6.07) is 0. The maximum atomic E-state index is 11.1. The Labute approximate surface area is 90.7 Å². The maximum Gasteiger partial charge on any atom is 0.256 e. The van der Waals surface area contributed by atoms with Crippen LogP contribution in [0.5, 0.6) is 0 Å². The molecule has 4 nitrogen and oxygen atoms in total. The highest BCUT2D eigenvalue weighted by molar-refractivity contribution is 5.16. The first-order valence-electron chi connectivity index (χ1n) is 5.51. The van der Waals surface area contributed by atoms with E-state index in [9.17, 15) is 4.79 Å². The van der Waals surface area contributed by atoms with Crippen molar-refractivity contribution in [2.75, 3.05) is 6.61 Å². The lowest BCUT2D eigenvalue weighted by molar-refractivity contribution is 0.108. The molecule has 86 valence electrons. The van der Waals surface area contributed by atoms with Gasteiger partial charge in [-0.1, -0.05) is 27.7 Å². The van der Waals surface area contributed by atoms with Gasteiger partial charge in [-0.3, -0.25) is 4.79 Å². The second-order valence-electron chi connectivity index (χ2n) is 2.46. The van der Waals surface area contributed by atoms with Gasteiger partial charge in [0, 0.05) is 6.42 Å². The largest absolute Gasteiger partial charge is 0.376 e.